The number of hydrogen-bond acceptors (Lipinski definition) is 4. The Kier molecular flexibility index (Phi) is 4.34. The summed E-state index contributed by atoms with van der Waals surface area (Å²) < 4.78 is 13.5. The topological polar surface area (TPSA) is 62.3 Å². The zero-order valence-electron chi connectivity index (χ0n) is 13.2. The van der Waals surface area contributed by atoms with E-state index in [0.29, 0.717) is 13.2 Å². The maximum atomic E-state index is 6.03. The van der Waals surface area contributed by atoms with E-state index < -0.39 is 0 Å². The molecule has 0 spiro atoms. The van der Waals surface area contributed by atoms with E-state index in [1.54, 1.807) is 0 Å². The molecule has 1 aliphatic heterocycles. The summed E-state index contributed by atoms with van der Waals surface area (Å²) in [7, 11) is 0. The highest BCUT2D eigenvalue weighted by Crippen LogP contribution is 2.33. The fourth-order valence-electron chi connectivity index (χ4n) is 2.82. The summed E-state index contributed by atoms with van der Waals surface area (Å²) in [4.78, 5) is 4.74. The van der Waals surface area contributed by atoms with Crippen LogP contribution in [0.25, 0.3) is 11.3 Å². The lowest BCUT2D eigenvalue weighted by Crippen LogP contribution is -2.31. The van der Waals surface area contributed by atoms with Gasteiger partial charge in [-0.1, -0.05) is 0 Å². The predicted molar refractivity (Wildman–Crippen MR) is 86.3 cm³/mol. The molecule has 1 aliphatic rings. The molecule has 0 amide bonds. The van der Waals surface area contributed by atoms with E-state index in [1.165, 1.54) is 0 Å². The summed E-state index contributed by atoms with van der Waals surface area (Å²) in [6.45, 7) is 6.02. The number of imidazole rings is 1. The zero-order chi connectivity index (χ0) is 15.5. The van der Waals surface area contributed by atoms with Gasteiger partial charge in [-0.25, -0.2) is 4.98 Å². The Morgan fingerprint density at radius 1 is 1.23 bits per heavy atom. The number of rotatable bonds is 5. The molecule has 118 valence electrons. The standard InChI is InChI=1S/C17H23N3O2/c1-3-21-15-7-5-12(9-16(15)22-4-2)14-11-20-10-13(18)6-8-17(20)19-14/h5,7,9,11,13H,3-4,6,8,10,18H2,1-2H3. The van der Waals surface area contributed by atoms with Gasteiger partial charge in [0.15, 0.2) is 11.5 Å². The zero-order valence-corrected chi connectivity index (χ0v) is 13.2. The summed E-state index contributed by atoms with van der Waals surface area (Å²) in [5.74, 6) is 2.66. The van der Waals surface area contributed by atoms with E-state index in [9.17, 15) is 0 Å². The molecule has 1 aromatic heterocycles. The van der Waals surface area contributed by atoms with Crippen molar-refractivity contribution in [2.75, 3.05) is 13.2 Å². The second kappa shape index (κ2) is 6.40. The van der Waals surface area contributed by atoms with Crippen molar-refractivity contribution in [3.8, 4) is 22.8 Å². The highest BCUT2D eigenvalue weighted by Gasteiger charge is 2.18. The summed E-state index contributed by atoms with van der Waals surface area (Å²) in [6, 6.07) is 6.22. The lowest BCUT2D eigenvalue weighted by atomic mass is 10.1. The van der Waals surface area contributed by atoms with Crippen molar-refractivity contribution in [2.45, 2.75) is 39.3 Å². The number of aryl methyl sites for hydroxylation is 1. The normalized spacial score (nSPS) is 17.1. The summed E-state index contributed by atoms with van der Waals surface area (Å²) in [5.41, 5.74) is 8.04. The number of benzene rings is 1. The predicted octanol–water partition coefficient (Wildman–Crippen LogP) is 2.62. The van der Waals surface area contributed by atoms with Gasteiger partial charge in [0.2, 0.25) is 0 Å². The molecule has 0 aliphatic carbocycles. The lowest BCUT2D eigenvalue weighted by Gasteiger charge is -2.19. The van der Waals surface area contributed by atoms with Crippen molar-refractivity contribution < 1.29 is 9.47 Å². The van der Waals surface area contributed by atoms with E-state index in [1.807, 2.05) is 32.0 Å². The molecule has 5 nitrogen and oxygen atoms in total. The first kappa shape index (κ1) is 14.9. The Morgan fingerprint density at radius 3 is 2.77 bits per heavy atom. The fraction of sp³-hybridized carbons (Fsp3) is 0.471. The number of aromatic nitrogens is 2. The molecule has 3 rings (SSSR count). The second-order valence-corrected chi connectivity index (χ2v) is 5.52. The third-order valence-electron chi connectivity index (χ3n) is 3.87. The van der Waals surface area contributed by atoms with Crippen LogP contribution >= 0.6 is 0 Å². The molecule has 1 aromatic carbocycles. The molecule has 0 radical (unpaired) electrons. The van der Waals surface area contributed by atoms with Crippen LogP contribution in [0.3, 0.4) is 0 Å². The lowest BCUT2D eigenvalue weighted by molar-refractivity contribution is 0.288. The average molecular weight is 301 g/mol. The van der Waals surface area contributed by atoms with E-state index in [2.05, 4.69) is 10.8 Å². The van der Waals surface area contributed by atoms with Crippen LogP contribution in [0.4, 0.5) is 0 Å². The van der Waals surface area contributed by atoms with Gasteiger partial charge >= 0.3 is 0 Å². The number of hydrogen-bond donors (Lipinski definition) is 1. The second-order valence-electron chi connectivity index (χ2n) is 5.52. The Balaban J connectivity index is 1.93. The quantitative estimate of drug-likeness (QED) is 0.922. The minimum Gasteiger partial charge on any atom is -0.490 e. The molecular formula is C17H23N3O2. The van der Waals surface area contributed by atoms with Crippen molar-refractivity contribution in [3.63, 3.8) is 0 Å². The molecule has 0 bridgehead atoms. The largest absolute Gasteiger partial charge is 0.490 e. The maximum absolute atomic E-state index is 6.03. The van der Waals surface area contributed by atoms with Gasteiger partial charge in [0.25, 0.3) is 0 Å². The summed E-state index contributed by atoms with van der Waals surface area (Å²) in [6.07, 6.45) is 4.03. The number of nitrogens with zero attached hydrogens (tertiary/aromatic N) is 2. The Morgan fingerprint density at radius 2 is 2.00 bits per heavy atom. The first-order valence-corrected chi connectivity index (χ1v) is 7.93. The van der Waals surface area contributed by atoms with Crippen LogP contribution in [-0.2, 0) is 13.0 Å². The Labute approximate surface area is 131 Å². The van der Waals surface area contributed by atoms with Gasteiger partial charge in [-0.15, -0.1) is 0 Å². The van der Waals surface area contributed by atoms with Gasteiger partial charge < -0.3 is 19.8 Å². The first-order chi connectivity index (χ1) is 10.7. The highest BCUT2D eigenvalue weighted by molar-refractivity contribution is 5.63. The van der Waals surface area contributed by atoms with Crippen LogP contribution in [-0.4, -0.2) is 28.8 Å². The van der Waals surface area contributed by atoms with Gasteiger partial charge in [-0.3, -0.25) is 0 Å². The number of fused-ring (bicyclic) bond motifs is 1. The molecule has 0 saturated carbocycles. The van der Waals surface area contributed by atoms with Crippen LogP contribution in [0.1, 0.15) is 26.1 Å². The molecule has 5 heteroatoms. The molecule has 0 saturated heterocycles. The van der Waals surface area contributed by atoms with Crippen LogP contribution in [0.2, 0.25) is 0 Å². The molecule has 1 atom stereocenters. The molecular weight excluding hydrogens is 278 g/mol. The first-order valence-electron chi connectivity index (χ1n) is 7.93. The third-order valence-corrected chi connectivity index (χ3v) is 3.87. The summed E-state index contributed by atoms with van der Waals surface area (Å²) in [5, 5.41) is 0. The van der Waals surface area contributed by atoms with E-state index in [-0.39, 0.29) is 6.04 Å². The van der Waals surface area contributed by atoms with E-state index in [0.717, 1.165) is 48.0 Å². The average Bonchev–Trinajstić information content (AvgIpc) is 2.92. The highest BCUT2D eigenvalue weighted by atomic mass is 16.5. The van der Waals surface area contributed by atoms with Crippen LogP contribution < -0.4 is 15.2 Å². The van der Waals surface area contributed by atoms with Gasteiger partial charge in [-0.05, 0) is 38.5 Å². The minimum absolute atomic E-state index is 0.230. The van der Waals surface area contributed by atoms with Crippen molar-refractivity contribution in [1.82, 2.24) is 9.55 Å². The molecule has 2 aromatic rings. The van der Waals surface area contributed by atoms with Gasteiger partial charge in [0, 0.05) is 30.8 Å². The van der Waals surface area contributed by atoms with Crippen LogP contribution in [0.15, 0.2) is 24.4 Å². The van der Waals surface area contributed by atoms with Crippen molar-refractivity contribution in [2.24, 2.45) is 5.73 Å². The Bertz CT molecular complexity index is 651. The molecule has 2 N–H and O–H groups in total. The monoisotopic (exact) mass is 301 g/mol. The Hall–Kier alpha value is -2.01. The fourth-order valence-corrected chi connectivity index (χ4v) is 2.82. The number of ether oxygens (including phenoxy) is 2. The van der Waals surface area contributed by atoms with E-state index in [4.69, 9.17) is 20.2 Å². The van der Waals surface area contributed by atoms with Crippen LogP contribution in [0, 0.1) is 0 Å². The van der Waals surface area contributed by atoms with Crippen molar-refractivity contribution >= 4 is 0 Å². The SMILES string of the molecule is CCOc1ccc(-c2cn3c(n2)CCC(N)C3)cc1OCC. The minimum atomic E-state index is 0.230. The maximum Gasteiger partial charge on any atom is 0.161 e. The van der Waals surface area contributed by atoms with Crippen molar-refractivity contribution in [1.29, 1.82) is 0 Å². The van der Waals surface area contributed by atoms with Gasteiger partial charge in [0.1, 0.15) is 5.82 Å². The molecule has 22 heavy (non-hydrogen) atoms. The third kappa shape index (κ3) is 2.95. The number of nitrogens with two attached hydrogens (primary N) is 1. The van der Waals surface area contributed by atoms with E-state index >= 15 is 0 Å². The molecule has 0 fully saturated rings. The summed E-state index contributed by atoms with van der Waals surface area (Å²) >= 11 is 0. The van der Waals surface area contributed by atoms with Gasteiger partial charge in [0.05, 0.1) is 18.9 Å². The molecule has 2 heterocycles. The van der Waals surface area contributed by atoms with Gasteiger partial charge in [-0.2, -0.15) is 0 Å². The smallest absolute Gasteiger partial charge is 0.161 e. The molecule has 1 unspecified atom stereocenters. The van der Waals surface area contributed by atoms with Crippen molar-refractivity contribution in [3.05, 3.63) is 30.2 Å². The van der Waals surface area contributed by atoms with Crippen LogP contribution in [0.5, 0.6) is 11.5 Å².